The lowest BCUT2D eigenvalue weighted by Gasteiger charge is -2.37. The molecule has 0 saturated carbocycles. The number of nitrogens with one attached hydrogen (secondary N) is 1. The lowest BCUT2D eigenvalue weighted by Crippen LogP contribution is -2.51. The summed E-state index contributed by atoms with van der Waals surface area (Å²) in [6.07, 6.45) is 3.60. The highest BCUT2D eigenvalue weighted by Gasteiger charge is 2.29. The van der Waals surface area contributed by atoms with Crippen molar-refractivity contribution in [3.8, 4) is 16.9 Å². The number of ether oxygens (including phenoxy) is 3. The SMILES string of the molecule is COCCCOc1cc(C(=O)N(C(C)C)[C@@H]2CCCNC2)ccc1-c1cccc(N(C=O)CCOC)c1. The number of hydrogen-bond donors (Lipinski definition) is 1. The molecule has 0 bridgehead atoms. The molecule has 37 heavy (non-hydrogen) atoms. The summed E-state index contributed by atoms with van der Waals surface area (Å²) in [6, 6.07) is 13.7. The van der Waals surface area contributed by atoms with E-state index in [1.807, 2.05) is 47.4 Å². The number of methoxy groups -OCH3 is 2. The van der Waals surface area contributed by atoms with Gasteiger partial charge in [-0.2, -0.15) is 0 Å². The van der Waals surface area contributed by atoms with Crippen LogP contribution >= 0.6 is 0 Å². The molecule has 2 aromatic rings. The first-order valence-corrected chi connectivity index (χ1v) is 13.1. The Labute approximate surface area is 220 Å². The van der Waals surface area contributed by atoms with Crippen molar-refractivity contribution >= 4 is 18.0 Å². The minimum atomic E-state index is 0.0115. The average molecular weight is 512 g/mol. The molecule has 1 atom stereocenters. The quantitative estimate of drug-likeness (QED) is 0.305. The lowest BCUT2D eigenvalue weighted by atomic mass is 9.99. The zero-order chi connectivity index (χ0) is 26.6. The first kappa shape index (κ1) is 28.6. The summed E-state index contributed by atoms with van der Waals surface area (Å²) in [5.74, 6) is 0.650. The van der Waals surface area contributed by atoms with Gasteiger partial charge in [0, 0.05) is 69.2 Å². The highest BCUT2D eigenvalue weighted by molar-refractivity contribution is 5.96. The Morgan fingerprint density at radius 2 is 1.92 bits per heavy atom. The second-order valence-electron chi connectivity index (χ2n) is 9.55. The van der Waals surface area contributed by atoms with Crippen LogP contribution < -0.4 is 15.0 Å². The van der Waals surface area contributed by atoms with Gasteiger partial charge in [0.2, 0.25) is 6.41 Å². The summed E-state index contributed by atoms with van der Waals surface area (Å²) in [5, 5.41) is 3.42. The van der Waals surface area contributed by atoms with Crippen molar-refractivity contribution in [3.63, 3.8) is 0 Å². The summed E-state index contributed by atoms with van der Waals surface area (Å²) in [5.41, 5.74) is 3.14. The van der Waals surface area contributed by atoms with Crippen molar-refractivity contribution in [3.05, 3.63) is 48.0 Å². The molecule has 3 rings (SSSR count). The summed E-state index contributed by atoms with van der Waals surface area (Å²) in [4.78, 5) is 29.0. The molecule has 202 valence electrons. The Bertz CT molecular complexity index is 1010. The van der Waals surface area contributed by atoms with E-state index in [1.54, 1.807) is 19.1 Å². The Morgan fingerprint density at radius 1 is 1.11 bits per heavy atom. The van der Waals surface area contributed by atoms with Crippen molar-refractivity contribution in [2.75, 3.05) is 58.6 Å². The van der Waals surface area contributed by atoms with Gasteiger partial charge < -0.3 is 29.3 Å². The first-order valence-electron chi connectivity index (χ1n) is 13.1. The molecule has 0 radical (unpaired) electrons. The Hall–Kier alpha value is -2.94. The molecule has 0 aliphatic carbocycles. The maximum atomic E-state index is 13.7. The number of carbonyl (C=O) groups excluding carboxylic acids is 2. The minimum Gasteiger partial charge on any atom is -0.493 e. The summed E-state index contributed by atoms with van der Waals surface area (Å²) in [7, 11) is 3.28. The summed E-state index contributed by atoms with van der Waals surface area (Å²) >= 11 is 0. The highest BCUT2D eigenvalue weighted by Crippen LogP contribution is 2.34. The minimum absolute atomic E-state index is 0.0115. The molecule has 2 amide bonds. The molecule has 8 heteroatoms. The van der Waals surface area contributed by atoms with Gasteiger partial charge in [0.05, 0.1) is 13.2 Å². The van der Waals surface area contributed by atoms with E-state index in [4.69, 9.17) is 14.2 Å². The molecule has 8 nitrogen and oxygen atoms in total. The largest absolute Gasteiger partial charge is 0.493 e. The summed E-state index contributed by atoms with van der Waals surface area (Å²) < 4.78 is 16.5. The standard InChI is InChI=1S/C29H41N3O5/c1-22(2)32(26-10-6-13-30-20-26)29(34)24-11-12-27(28(19-24)37-16-7-15-35-3)23-8-5-9-25(18-23)31(21-33)14-17-36-4/h5,8-9,11-12,18-19,21-22,26,30H,6-7,10,13-17,20H2,1-4H3/t26-/m1/s1. The van der Waals surface area contributed by atoms with E-state index < -0.39 is 0 Å². The molecule has 1 fully saturated rings. The third kappa shape index (κ3) is 7.77. The van der Waals surface area contributed by atoms with Crippen molar-refractivity contribution in [2.45, 2.75) is 45.2 Å². The number of benzene rings is 2. The van der Waals surface area contributed by atoms with Crippen LogP contribution in [-0.4, -0.2) is 83.0 Å². The normalized spacial score (nSPS) is 15.4. The van der Waals surface area contributed by atoms with Crippen LogP contribution in [0.2, 0.25) is 0 Å². The average Bonchev–Trinajstić information content (AvgIpc) is 2.92. The molecule has 2 aromatic carbocycles. The van der Waals surface area contributed by atoms with Gasteiger partial charge >= 0.3 is 0 Å². The third-order valence-electron chi connectivity index (χ3n) is 6.59. The van der Waals surface area contributed by atoms with Gasteiger partial charge in [-0.1, -0.05) is 12.1 Å². The molecule has 1 saturated heterocycles. The second kappa shape index (κ2) is 14.7. The van der Waals surface area contributed by atoms with Crippen molar-refractivity contribution in [1.29, 1.82) is 0 Å². The van der Waals surface area contributed by atoms with E-state index in [0.717, 1.165) is 55.6 Å². The lowest BCUT2D eigenvalue weighted by molar-refractivity contribution is -0.107. The fourth-order valence-electron chi connectivity index (χ4n) is 4.72. The van der Waals surface area contributed by atoms with Crippen LogP contribution in [0.3, 0.4) is 0 Å². The van der Waals surface area contributed by atoms with Crippen molar-refractivity contribution < 1.29 is 23.8 Å². The number of anilines is 1. The smallest absolute Gasteiger partial charge is 0.254 e. The maximum Gasteiger partial charge on any atom is 0.254 e. The molecule has 0 spiro atoms. The van der Waals surface area contributed by atoms with Crippen LogP contribution in [0.5, 0.6) is 5.75 Å². The van der Waals surface area contributed by atoms with E-state index in [0.29, 0.717) is 37.7 Å². The van der Waals surface area contributed by atoms with Gasteiger partial charge in [-0.25, -0.2) is 0 Å². The zero-order valence-corrected chi connectivity index (χ0v) is 22.6. The van der Waals surface area contributed by atoms with Gasteiger partial charge in [0.15, 0.2) is 0 Å². The number of piperidine rings is 1. The monoisotopic (exact) mass is 511 g/mol. The highest BCUT2D eigenvalue weighted by atomic mass is 16.5. The predicted molar refractivity (Wildman–Crippen MR) is 146 cm³/mol. The molecule has 0 unspecified atom stereocenters. The first-order chi connectivity index (χ1) is 18.0. The van der Waals surface area contributed by atoms with Gasteiger partial charge in [0.25, 0.3) is 5.91 Å². The van der Waals surface area contributed by atoms with E-state index in [9.17, 15) is 9.59 Å². The van der Waals surface area contributed by atoms with E-state index in [1.165, 1.54) is 0 Å². The van der Waals surface area contributed by atoms with Crippen LogP contribution in [-0.2, 0) is 14.3 Å². The zero-order valence-electron chi connectivity index (χ0n) is 22.6. The van der Waals surface area contributed by atoms with E-state index in [-0.39, 0.29) is 18.0 Å². The van der Waals surface area contributed by atoms with E-state index in [2.05, 4.69) is 19.2 Å². The van der Waals surface area contributed by atoms with Gasteiger partial charge in [-0.05, 0) is 69.1 Å². The van der Waals surface area contributed by atoms with Gasteiger partial charge in [0.1, 0.15) is 5.75 Å². The molecular weight excluding hydrogens is 470 g/mol. The summed E-state index contributed by atoms with van der Waals surface area (Å²) in [6.45, 7) is 7.89. The van der Waals surface area contributed by atoms with Crippen LogP contribution in [0.15, 0.2) is 42.5 Å². The Balaban J connectivity index is 1.94. The van der Waals surface area contributed by atoms with Crippen LogP contribution in [0.1, 0.15) is 43.5 Å². The Morgan fingerprint density at radius 3 is 2.59 bits per heavy atom. The molecule has 1 heterocycles. The van der Waals surface area contributed by atoms with Gasteiger partial charge in [-0.3, -0.25) is 9.59 Å². The fourth-order valence-corrected chi connectivity index (χ4v) is 4.72. The third-order valence-corrected chi connectivity index (χ3v) is 6.59. The molecule has 1 aliphatic rings. The number of carbonyl (C=O) groups is 2. The fraction of sp³-hybridized carbons (Fsp3) is 0.517. The number of nitrogens with zero attached hydrogens (tertiary/aromatic N) is 2. The molecule has 1 N–H and O–H groups in total. The maximum absolute atomic E-state index is 13.7. The Kier molecular flexibility index (Phi) is 11.4. The van der Waals surface area contributed by atoms with Crippen LogP contribution in [0.4, 0.5) is 5.69 Å². The number of rotatable bonds is 14. The predicted octanol–water partition coefficient (Wildman–Crippen LogP) is 3.98. The van der Waals surface area contributed by atoms with Crippen molar-refractivity contribution in [2.24, 2.45) is 0 Å². The second-order valence-corrected chi connectivity index (χ2v) is 9.55. The van der Waals surface area contributed by atoms with Crippen LogP contribution in [0, 0.1) is 0 Å². The van der Waals surface area contributed by atoms with Gasteiger partial charge in [-0.15, -0.1) is 0 Å². The molecular formula is C29H41N3O5. The number of hydrogen-bond acceptors (Lipinski definition) is 6. The number of amides is 2. The topological polar surface area (TPSA) is 80.3 Å². The molecule has 1 aliphatic heterocycles. The van der Waals surface area contributed by atoms with E-state index >= 15 is 0 Å². The van der Waals surface area contributed by atoms with Crippen molar-refractivity contribution in [1.82, 2.24) is 10.2 Å². The molecule has 0 aromatic heterocycles. The van der Waals surface area contributed by atoms with Crippen LogP contribution in [0.25, 0.3) is 11.1 Å².